The van der Waals surface area contributed by atoms with E-state index in [-0.39, 0.29) is 6.10 Å². The second-order valence-corrected chi connectivity index (χ2v) is 3.92. The molecule has 0 aliphatic heterocycles. The first-order chi connectivity index (χ1) is 7.24. The van der Waals surface area contributed by atoms with Gasteiger partial charge in [-0.15, -0.1) is 5.10 Å². The van der Waals surface area contributed by atoms with E-state index in [1.54, 1.807) is 0 Å². The second kappa shape index (κ2) is 6.67. The smallest absolute Gasteiger partial charge is 0.149 e. The Morgan fingerprint density at radius 2 is 2.27 bits per heavy atom. The molecule has 0 aliphatic rings. The van der Waals surface area contributed by atoms with Crippen LogP contribution in [0.25, 0.3) is 0 Å². The van der Waals surface area contributed by atoms with Crippen LogP contribution in [0, 0.1) is 0 Å². The fourth-order valence-electron chi connectivity index (χ4n) is 0.924. The van der Waals surface area contributed by atoms with Gasteiger partial charge in [0, 0.05) is 11.5 Å². The van der Waals surface area contributed by atoms with Crippen LogP contribution in [-0.4, -0.2) is 28.9 Å². The standard InChI is InChI=1S/C8H16N4O2S/c1-6(2)14-4-3-13-5-7-8(10-9)15-12-11-7/h6,10H,3-5,9H2,1-2H3. The molecule has 7 heteroatoms. The second-order valence-electron chi connectivity index (χ2n) is 3.17. The van der Waals surface area contributed by atoms with Crippen LogP contribution in [0.2, 0.25) is 0 Å². The van der Waals surface area contributed by atoms with Gasteiger partial charge in [-0.1, -0.05) is 4.49 Å². The third-order valence-electron chi connectivity index (χ3n) is 1.60. The Bertz CT molecular complexity index is 279. The number of ether oxygens (including phenoxy) is 2. The van der Waals surface area contributed by atoms with Crippen LogP contribution < -0.4 is 11.3 Å². The van der Waals surface area contributed by atoms with Crippen molar-refractivity contribution in [2.75, 3.05) is 18.6 Å². The van der Waals surface area contributed by atoms with E-state index in [2.05, 4.69) is 15.0 Å². The highest BCUT2D eigenvalue weighted by Gasteiger charge is 2.05. The fraction of sp³-hybridized carbons (Fsp3) is 0.750. The fourth-order valence-corrected chi connectivity index (χ4v) is 1.40. The van der Waals surface area contributed by atoms with Gasteiger partial charge >= 0.3 is 0 Å². The number of nitrogens with one attached hydrogen (secondary N) is 1. The molecule has 0 aromatic carbocycles. The molecule has 15 heavy (non-hydrogen) atoms. The lowest BCUT2D eigenvalue weighted by Gasteiger charge is -2.07. The number of hydrazine groups is 1. The van der Waals surface area contributed by atoms with Gasteiger partial charge in [-0.2, -0.15) is 0 Å². The molecule has 0 atom stereocenters. The van der Waals surface area contributed by atoms with Gasteiger partial charge in [-0.25, -0.2) is 5.84 Å². The SMILES string of the molecule is CC(C)OCCOCc1nnsc1NN. The summed E-state index contributed by atoms with van der Waals surface area (Å²) in [5, 5.41) is 4.62. The van der Waals surface area contributed by atoms with Crippen molar-refractivity contribution in [3.63, 3.8) is 0 Å². The van der Waals surface area contributed by atoms with Gasteiger partial charge in [0.05, 0.1) is 25.9 Å². The van der Waals surface area contributed by atoms with Crippen LogP contribution in [0.4, 0.5) is 5.00 Å². The van der Waals surface area contributed by atoms with E-state index >= 15 is 0 Å². The molecule has 0 spiro atoms. The van der Waals surface area contributed by atoms with Gasteiger partial charge in [-0.3, -0.25) is 0 Å². The predicted octanol–water partition coefficient (Wildman–Crippen LogP) is 0.765. The van der Waals surface area contributed by atoms with Crippen molar-refractivity contribution < 1.29 is 9.47 Å². The van der Waals surface area contributed by atoms with Crippen LogP contribution in [-0.2, 0) is 16.1 Å². The number of nitrogen functional groups attached to an aromatic ring is 1. The van der Waals surface area contributed by atoms with E-state index in [9.17, 15) is 0 Å². The van der Waals surface area contributed by atoms with Crippen LogP contribution in [0.5, 0.6) is 0 Å². The first-order valence-corrected chi connectivity index (χ1v) is 5.48. The number of rotatable bonds is 7. The summed E-state index contributed by atoms with van der Waals surface area (Å²) in [7, 11) is 0. The summed E-state index contributed by atoms with van der Waals surface area (Å²) in [6.07, 6.45) is 0.232. The Morgan fingerprint density at radius 3 is 2.93 bits per heavy atom. The molecule has 0 saturated heterocycles. The summed E-state index contributed by atoms with van der Waals surface area (Å²) < 4.78 is 14.4. The molecule has 0 bridgehead atoms. The summed E-state index contributed by atoms with van der Waals surface area (Å²) in [5.74, 6) is 5.27. The zero-order chi connectivity index (χ0) is 11.1. The minimum absolute atomic E-state index is 0.232. The maximum atomic E-state index is 5.35. The third-order valence-corrected chi connectivity index (χ3v) is 2.30. The van der Waals surface area contributed by atoms with Crippen molar-refractivity contribution in [2.45, 2.75) is 26.6 Å². The zero-order valence-electron chi connectivity index (χ0n) is 8.90. The van der Waals surface area contributed by atoms with Gasteiger partial charge in [-0.05, 0) is 13.8 Å². The number of hydrogen-bond donors (Lipinski definition) is 2. The van der Waals surface area contributed by atoms with Crippen molar-refractivity contribution in [3.05, 3.63) is 5.69 Å². The quantitative estimate of drug-likeness (QED) is 0.410. The Labute approximate surface area is 92.9 Å². The Hall–Kier alpha value is -0.760. The van der Waals surface area contributed by atoms with E-state index < -0.39 is 0 Å². The number of anilines is 1. The summed E-state index contributed by atoms with van der Waals surface area (Å²) >= 11 is 1.21. The van der Waals surface area contributed by atoms with E-state index in [4.69, 9.17) is 15.3 Å². The van der Waals surface area contributed by atoms with Gasteiger partial charge in [0.2, 0.25) is 0 Å². The first-order valence-electron chi connectivity index (χ1n) is 4.71. The number of nitrogens with two attached hydrogens (primary N) is 1. The maximum Gasteiger partial charge on any atom is 0.149 e. The normalized spacial score (nSPS) is 10.9. The lowest BCUT2D eigenvalue weighted by atomic mass is 10.5. The van der Waals surface area contributed by atoms with Crippen molar-refractivity contribution in [2.24, 2.45) is 5.84 Å². The number of aromatic nitrogens is 2. The van der Waals surface area contributed by atoms with E-state index in [0.29, 0.717) is 19.8 Å². The number of hydrogen-bond acceptors (Lipinski definition) is 7. The van der Waals surface area contributed by atoms with Gasteiger partial charge in [0.1, 0.15) is 10.7 Å². The highest BCUT2D eigenvalue weighted by Crippen LogP contribution is 2.16. The van der Waals surface area contributed by atoms with Crippen LogP contribution >= 0.6 is 11.5 Å². The average molecular weight is 232 g/mol. The summed E-state index contributed by atoms with van der Waals surface area (Å²) in [4.78, 5) is 0. The monoisotopic (exact) mass is 232 g/mol. The molecule has 0 unspecified atom stereocenters. The molecule has 86 valence electrons. The zero-order valence-corrected chi connectivity index (χ0v) is 9.71. The van der Waals surface area contributed by atoms with E-state index in [0.717, 1.165) is 10.7 Å². The third kappa shape index (κ3) is 4.52. The molecule has 1 aromatic heterocycles. The minimum atomic E-state index is 0.232. The Balaban J connectivity index is 2.15. The van der Waals surface area contributed by atoms with Crippen molar-refractivity contribution in [3.8, 4) is 0 Å². The van der Waals surface area contributed by atoms with Crippen molar-refractivity contribution in [1.29, 1.82) is 0 Å². The van der Waals surface area contributed by atoms with Crippen LogP contribution in [0.1, 0.15) is 19.5 Å². The summed E-state index contributed by atoms with van der Waals surface area (Å²) in [5.41, 5.74) is 3.25. The van der Waals surface area contributed by atoms with Crippen molar-refractivity contribution >= 4 is 16.5 Å². The maximum absolute atomic E-state index is 5.35. The molecule has 1 heterocycles. The molecule has 0 amide bonds. The summed E-state index contributed by atoms with van der Waals surface area (Å²) in [6.45, 7) is 5.50. The van der Waals surface area contributed by atoms with Gasteiger partial charge in [0.15, 0.2) is 0 Å². The molecule has 1 rings (SSSR count). The molecule has 0 fully saturated rings. The lowest BCUT2D eigenvalue weighted by molar-refractivity contribution is 0.0136. The average Bonchev–Trinajstić information content (AvgIpc) is 2.64. The predicted molar refractivity (Wildman–Crippen MR) is 58.5 cm³/mol. The van der Waals surface area contributed by atoms with Gasteiger partial charge < -0.3 is 14.9 Å². The molecular weight excluding hydrogens is 216 g/mol. The molecule has 0 saturated carbocycles. The van der Waals surface area contributed by atoms with Crippen molar-refractivity contribution in [1.82, 2.24) is 9.59 Å². The Morgan fingerprint density at radius 1 is 1.47 bits per heavy atom. The van der Waals surface area contributed by atoms with Crippen LogP contribution in [0.3, 0.4) is 0 Å². The summed E-state index contributed by atoms with van der Waals surface area (Å²) in [6, 6.07) is 0. The highest BCUT2D eigenvalue weighted by molar-refractivity contribution is 7.10. The largest absolute Gasteiger partial charge is 0.376 e. The molecule has 3 N–H and O–H groups in total. The topological polar surface area (TPSA) is 82.3 Å². The van der Waals surface area contributed by atoms with E-state index in [1.807, 2.05) is 13.8 Å². The van der Waals surface area contributed by atoms with Gasteiger partial charge in [0.25, 0.3) is 0 Å². The minimum Gasteiger partial charge on any atom is -0.376 e. The molecular formula is C8H16N4O2S. The molecule has 6 nitrogen and oxygen atoms in total. The van der Waals surface area contributed by atoms with Crippen LogP contribution in [0.15, 0.2) is 0 Å². The van der Waals surface area contributed by atoms with E-state index in [1.165, 1.54) is 11.5 Å². The molecule has 1 aromatic rings. The molecule has 0 aliphatic carbocycles. The Kier molecular flexibility index (Phi) is 5.48. The molecule has 0 radical (unpaired) electrons. The first kappa shape index (κ1) is 12.3. The number of nitrogens with zero attached hydrogens (tertiary/aromatic N) is 2. The lowest BCUT2D eigenvalue weighted by Crippen LogP contribution is -2.11. The highest BCUT2D eigenvalue weighted by atomic mass is 32.1.